The minimum Gasteiger partial charge on any atom is -0.392 e. The molecule has 1 aromatic carbocycles. The van der Waals surface area contributed by atoms with Gasteiger partial charge in [-0.15, -0.1) is 0 Å². The molecular formula is C16H21N5O. The molecule has 2 aromatic rings. The fourth-order valence-electron chi connectivity index (χ4n) is 4.04. The summed E-state index contributed by atoms with van der Waals surface area (Å²) >= 11 is 0. The van der Waals surface area contributed by atoms with Crippen molar-refractivity contribution in [3.05, 3.63) is 30.3 Å². The summed E-state index contributed by atoms with van der Waals surface area (Å²) in [6.45, 7) is 1.79. The van der Waals surface area contributed by atoms with Crippen molar-refractivity contribution < 1.29 is 5.11 Å². The molecule has 0 bridgehead atoms. The molecule has 1 aliphatic heterocycles. The van der Waals surface area contributed by atoms with Gasteiger partial charge in [0.1, 0.15) is 0 Å². The number of hydrogen-bond donors (Lipinski definition) is 1. The lowest BCUT2D eigenvalue weighted by molar-refractivity contribution is 0.0405. The van der Waals surface area contributed by atoms with Crippen molar-refractivity contribution in [2.24, 2.45) is 5.41 Å². The summed E-state index contributed by atoms with van der Waals surface area (Å²) in [6.07, 6.45) is 5.17. The third kappa shape index (κ3) is 2.18. The molecule has 1 aliphatic carbocycles. The van der Waals surface area contributed by atoms with Gasteiger partial charge in [-0.2, -0.15) is 4.68 Å². The van der Waals surface area contributed by atoms with E-state index in [4.69, 9.17) is 0 Å². The number of anilines is 1. The Morgan fingerprint density at radius 3 is 2.73 bits per heavy atom. The molecule has 1 N–H and O–H groups in total. The Balaban J connectivity index is 1.64. The summed E-state index contributed by atoms with van der Waals surface area (Å²) in [4.78, 5) is 2.24. The number of rotatable bonds is 2. The predicted molar refractivity (Wildman–Crippen MR) is 82.9 cm³/mol. The van der Waals surface area contributed by atoms with E-state index in [9.17, 15) is 5.11 Å². The lowest BCUT2D eigenvalue weighted by Gasteiger charge is -2.42. The largest absolute Gasteiger partial charge is 0.392 e. The van der Waals surface area contributed by atoms with Crippen LogP contribution in [0.5, 0.6) is 0 Å². The topological polar surface area (TPSA) is 67.1 Å². The first kappa shape index (κ1) is 13.7. The highest BCUT2D eigenvalue weighted by Crippen LogP contribution is 2.45. The number of benzene rings is 1. The Labute approximate surface area is 129 Å². The van der Waals surface area contributed by atoms with E-state index in [0.717, 1.165) is 56.8 Å². The second kappa shape index (κ2) is 5.35. The Kier molecular flexibility index (Phi) is 3.33. The van der Waals surface area contributed by atoms with Crippen LogP contribution in [0.2, 0.25) is 0 Å². The number of aliphatic hydroxyl groups excluding tert-OH is 1. The van der Waals surface area contributed by atoms with Crippen molar-refractivity contribution in [2.75, 3.05) is 18.0 Å². The van der Waals surface area contributed by atoms with Crippen LogP contribution in [0.4, 0.5) is 5.95 Å². The van der Waals surface area contributed by atoms with E-state index < -0.39 is 0 Å². The van der Waals surface area contributed by atoms with Crippen LogP contribution in [0.3, 0.4) is 0 Å². The van der Waals surface area contributed by atoms with Gasteiger partial charge in [0.15, 0.2) is 0 Å². The van der Waals surface area contributed by atoms with E-state index in [1.54, 1.807) is 4.68 Å². The molecule has 1 spiro atoms. The molecule has 4 rings (SSSR count). The van der Waals surface area contributed by atoms with Crippen molar-refractivity contribution in [1.29, 1.82) is 0 Å². The molecule has 2 aliphatic rings. The molecule has 2 atom stereocenters. The number of piperidine rings is 1. The molecule has 2 heterocycles. The summed E-state index contributed by atoms with van der Waals surface area (Å²) in [5.41, 5.74) is 1.00. The van der Waals surface area contributed by atoms with E-state index in [0.29, 0.717) is 0 Å². The van der Waals surface area contributed by atoms with Crippen molar-refractivity contribution in [2.45, 2.75) is 38.2 Å². The van der Waals surface area contributed by atoms with Crippen LogP contribution < -0.4 is 4.90 Å². The fourth-order valence-corrected chi connectivity index (χ4v) is 4.04. The van der Waals surface area contributed by atoms with E-state index >= 15 is 0 Å². The van der Waals surface area contributed by atoms with Gasteiger partial charge in [0.2, 0.25) is 5.95 Å². The molecule has 1 aromatic heterocycles. The Morgan fingerprint density at radius 2 is 1.95 bits per heavy atom. The van der Waals surface area contributed by atoms with E-state index in [1.165, 1.54) is 0 Å². The van der Waals surface area contributed by atoms with Crippen LogP contribution in [0.15, 0.2) is 30.3 Å². The molecule has 1 saturated carbocycles. The van der Waals surface area contributed by atoms with Gasteiger partial charge < -0.3 is 10.0 Å². The first-order valence-corrected chi connectivity index (χ1v) is 8.05. The second-order valence-corrected chi connectivity index (χ2v) is 6.52. The highest BCUT2D eigenvalue weighted by atomic mass is 16.3. The lowest BCUT2D eigenvalue weighted by atomic mass is 9.77. The van der Waals surface area contributed by atoms with Crippen molar-refractivity contribution >= 4 is 5.95 Å². The first-order chi connectivity index (χ1) is 10.8. The van der Waals surface area contributed by atoms with Gasteiger partial charge >= 0.3 is 0 Å². The minimum absolute atomic E-state index is 0.0335. The SMILES string of the molecule is O[C@@H]1CCC[C@]12CCCN(c1nnnn1-c1ccccc1)C2. The zero-order valence-corrected chi connectivity index (χ0v) is 12.6. The van der Waals surface area contributed by atoms with Crippen LogP contribution >= 0.6 is 0 Å². The van der Waals surface area contributed by atoms with Crippen LogP contribution in [-0.4, -0.2) is 44.5 Å². The van der Waals surface area contributed by atoms with Gasteiger partial charge in [-0.1, -0.05) is 29.7 Å². The van der Waals surface area contributed by atoms with E-state index in [1.807, 2.05) is 30.3 Å². The van der Waals surface area contributed by atoms with Crippen LogP contribution in [0.1, 0.15) is 32.1 Å². The molecule has 0 radical (unpaired) electrons. The summed E-state index contributed by atoms with van der Waals surface area (Å²) in [7, 11) is 0. The van der Waals surface area contributed by atoms with Crippen molar-refractivity contribution in [3.8, 4) is 5.69 Å². The van der Waals surface area contributed by atoms with Crippen LogP contribution in [-0.2, 0) is 0 Å². The number of nitrogens with zero attached hydrogens (tertiary/aromatic N) is 5. The third-order valence-electron chi connectivity index (χ3n) is 5.20. The minimum atomic E-state index is -0.184. The highest BCUT2D eigenvalue weighted by Gasteiger charge is 2.45. The number of para-hydroxylation sites is 1. The highest BCUT2D eigenvalue weighted by molar-refractivity contribution is 5.41. The van der Waals surface area contributed by atoms with Gasteiger partial charge in [0.25, 0.3) is 0 Å². The molecule has 6 nitrogen and oxygen atoms in total. The zero-order valence-electron chi connectivity index (χ0n) is 12.6. The van der Waals surface area contributed by atoms with Crippen LogP contribution in [0, 0.1) is 5.41 Å². The van der Waals surface area contributed by atoms with Gasteiger partial charge in [-0.05, 0) is 48.2 Å². The molecule has 116 valence electrons. The second-order valence-electron chi connectivity index (χ2n) is 6.52. The molecule has 0 unspecified atom stereocenters. The molecule has 0 amide bonds. The summed E-state index contributed by atoms with van der Waals surface area (Å²) < 4.78 is 1.79. The Morgan fingerprint density at radius 1 is 1.14 bits per heavy atom. The Bertz CT molecular complexity index is 643. The quantitative estimate of drug-likeness (QED) is 0.916. The smallest absolute Gasteiger partial charge is 0.250 e. The fraction of sp³-hybridized carbons (Fsp3) is 0.562. The number of hydrogen-bond acceptors (Lipinski definition) is 5. The van der Waals surface area contributed by atoms with Gasteiger partial charge in [-0.25, -0.2) is 0 Å². The maximum absolute atomic E-state index is 10.4. The summed E-state index contributed by atoms with van der Waals surface area (Å²) in [5, 5.41) is 22.7. The zero-order chi connectivity index (χ0) is 15.0. The average Bonchev–Trinajstić information content (AvgIpc) is 3.17. The molecule has 6 heteroatoms. The lowest BCUT2D eigenvalue weighted by Crippen LogP contribution is -2.48. The number of tetrazole rings is 1. The summed E-state index contributed by atoms with van der Waals surface area (Å²) in [5.74, 6) is 0.782. The Hall–Kier alpha value is -1.95. The van der Waals surface area contributed by atoms with Gasteiger partial charge in [0, 0.05) is 18.5 Å². The van der Waals surface area contributed by atoms with Gasteiger partial charge in [-0.3, -0.25) is 0 Å². The predicted octanol–water partition coefficient (Wildman–Crippen LogP) is 1.79. The van der Waals surface area contributed by atoms with E-state index in [-0.39, 0.29) is 11.5 Å². The van der Waals surface area contributed by atoms with Gasteiger partial charge in [0.05, 0.1) is 11.8 Å². The van der Waals surface area contributed by atoms with Crippen molar-refractivity contribution in [3.63, 3.8) is 0 Å². The van der Waals surface area contributed by atoms with Crippen LogP contribution in [0.25, 0.3) is 5.69 Å². The number of aliphatic hydroxyl groups is 1. The summed E-state index contributed by atoms with van der Waals surface area (Å²) in [6, 6.07) is 9.96. The normalized spacial score (nSPS) is 28.4. The maximum Gasteiger partial charge on any atom is 0.250 e. The average molecular weight is 299 g/mol. The molecule has 2 fully saturated rings. The number of aromatic nitrogens is 4. The van der Waals surface area contributed by atoms with E-state index in [2.05, 4.69) is 20.4 Å². The molecule has 1 saturated heterocycles. The molecular weight excluding hydrogens is 278 g/mol. The first-order valence-electron chi connectivity index (χ1n) is 8.05. The molecule has 22 heavy (non-hydrogen) atoms. The monoisotopic (exact) mass is 299 g/mol. The third-order valence-corrected chi connectivity index (χ3v) is 5.20. The standard InChI is InChI=1S/C16H21N5O/c22-14-8-4-9-16(14)10-5-11-20(12-16)15-17-18-19-21(15)13-6-2-1-3-7-13/h1-3,6-7,14,22H,4-5,8-12H2/t14-,16-/m1/s1. The maximum atomic E-state index is 10.4. The van der Waals surface area contributed by atoms with Crippen molar-refractivity contribution in [1.82, 2.24) is 20.2 Å².